The molecular formula is C15H25NO2. The van der Waals surface area contributed by atoms with Crippen LogP contribution in [-0.4, -0.2) is 20.3 Å². The summed E-state index contributed by atoms with van der Waals surface area (Å²) in [6, 6.07) is 5.98. The minimum Gasteiger partial charge on any atom is -0.497 e. The third-order valence-corrected chi connectivity index (χ3v) is 3.05. The van der Waals surface area contributed by atoms with Crippen LogP contribution in [0, 0.1) is 5.92 Å². The molecule has 1 unspecified atom stereocenters. The zero-order valence-electron chi connectivity index (χ0n) is 12.0. The summed E-state index contributed by atoms with van der Waals surface area (Å²) >= 11 is 0. The molecule has 0 spiro atoms. The molecule has 102 valence electrons. The van der Waals surface area contributed by atoms with Gasteiger partial charge in [-0.1, -0.05) is 27.2 Å². The SMILES string of the molecule is CCNCc1cc(OC)ccc1OCC(C)CC. The number of nitrogens with one attached hydrogen (secondary N) is 1. The fraction of sp³-hybridized carbons (Fsp3) is 0.600. The number of ether oxygens (including phenoxy) is 2. The van der Waals surface area contributed by atoms with E-state index in [9.17, 15) is 0 Å². The molecule has 0 amide bonds. The lowest BCUT2D eigenvalue weighted by molar-refractivity contribution is 0.253. The van der Waals surface area contributed by atoms with Crippen molar-refractivity contribution in [2.75, 3.05) is 20.3 Å². The van der Waals surface area contributed by atoms with Crippen molar-refractivity contribution >= 4 is 0 Å². The Morgan fingerprint density at radius 2 is 2.06 bits per heavy atom. The highest BCUT2D eigenvalue weighted by Gasteiger charge is 2.07. The van der Waals surface area contributed by atoms with Gasteiger partial charge in [0.25, 0.3) is 0 Å². The van der Waals surface area contributed by atoms with E-state index in [0.29, 0.717) is 5.92 Å². The second kappa shape index (κ2) is 7.98. The van der Waals surface area contributed by atoms with Crippen molar-refractivity contribution in [2.24, 2.45) is 5.92 Å². The van der Waals surface area contributed by atoms with Crippen LogP contribution in [0.5, 0.6) is 11.5 Å². The van der Waals surface area contributed by atoms with Crippen LogP contribution in [0.3, 0.4) is 0 Å². The van der Waals surface area contributed by atoms with Crippen LogP contribution in [-0.2, 0) is 6.54 Å². The molecule has 0 bridgehead atoms. The Labute approximate surface area is 110 Å². The zero-order valence-corrected chi connectivity index (χ0v) is 12.0. The second-order valence-electron chi connectivity index (χ2n) is 4.58. The lowest BCUT2D eigenvalue weighted by atomic mass is 10.1. The molecule has 1 aromatic carbocycles. The first-order valence-corrected chi connectivity index (χ1v) is 6.71. The normalized spacial score (nSPS) is 12.2. The second-order valence-corrected chi connectivity index (χ2v) is 4.58. The fourth-order valence-corrected chi connectivity index (χ4v) is 1.57. The van der Waals surface area contributed by atoms with E-state index in [4.69, 9.17) is 9.47 Å². The van der Waals surface area contributed by atoms with E-state index in [2.05, 4.69) is 26.1 Å². The number of rotatable bonds is 8. The molecule has 0 fully saturated rings. The van der Waals surface area contributed by atoms with Gasteiger partial charge in [-0.3, -0.25) is 0 Å². The van der Waals surface area contributed by atoms with Crippen molar-refractivity contribution in [3.63, 3.8) is 0 Å². The Hall–Kier alpha value is -1.22. The van der Waals surface area contributed by atoms with Gasteiger partial charge in [0.2, 0.25) is 0 Å². The summed E-state index contributed by atoms with van der Waals surface area (Å²) in [5.74, 6) is 2.41. The van der Waals surface area contributed by atoms with E-state index in [1.54, 1.807) is 7.11 Å². The molecule has 0 aliphatic carbocycles. The van der Waals surface area contributed by atoms with Crippen molar-refractivity contribution in [1.82, 2.24) is 5.32 Å². The zero-order chi connectivity index (χ0) is 13.4. The molecule has 3 nitrogen and oxygen atoms in total. The molecule has 0 aromatic heterocycles. The molecule has 0 saturated heterocycles. The lowest BCUT2D eigenvalue weighted by Crippen LogP contribution is -2.14. The first kappa shape index (κ1) is 14.8. The first-order chi connectivity index (χ1) is 8.71. The van der Waals surface area contributed by atoms with Crippen molar-refractivity contribution in [1.29, 1.82) is 0 Å². The van der Waals surface area contributed by atoms with E-state index in [1.165, 1.54) is 0 Å². The van der Waals surface area contributed by atoms with Gasteiger partial charge in [0.15, 0.2) is 0 Å². The standard InChI is InChI=1S/C15H25NO2/c1-5-12(3)11-18-15-8-7-14(17-4)9-13(15)10-16-6-2/h7-9,12,16H,5-6,10-11H2,1-4H3. The van der Waals surface area contributed by atoms with Crippen molar-refractivity contribution in [2.45, 2.75) is 33.7 Å². The first-order valence-electron chi connectivity index (χ1n) is 6.71. The molecule has 0 radical (unpaired) electrons. The van der Waals surface area contributed by atoms with E-state index in [1.807, 2.05) is 18.2 Å². The van der Waals surface area contributed by atoms with Crippen molar-refractivity contribution in [3.8, 4) is 11.5 Å². The Morgan fingerprint density at radius 3 is 2.67 bits per heavy atom. The van der Waals surface area contributed by atoms with Gasteiger partial charge in [0.1, 0.15) is 11.5 Å². The molecule has 1 N–H and O–H groups in total. The molecule has 0 saturated carbocycles. The fourth-order valence-electron chi connectivity index (χ4n) is 1.57. The van der Waals surface area contributed by atoms with Gasteiger partial charge in [-0.25, -0.2) is 0 Å². The topological polar surface area (TPSA) is 30.5 Å². The van der Waals surface area contributed by atoms with Gasteiger partial charge in [-0.05, 0) is 30.7 Å². The number of hydrogen-bond acceptors (Lipinski definition) is 3. The van der Waals surface area contributed by atoms with Crippen LogP contribution in [0.15, 0.2) is 18.2 Å². The van der Waals surface area contributed by atoms with Crippen LogP contribution in [0.4, 0.5) is 0 Å². The molecule has 0 aliphatic rings. The maximum absolute atomic E-state index is 5.89. The Bertz CT molecular complexity index is 352. The molecule has 18 heavy (non-hydrogen) atoms. The van der Waals surface area contributed by atoms with Gasteiger partial charge in [0.05, 0.1) is 13.7 Å². The van der Waals surface area contributed by atoms with Gasteiger partial charge in [-0.15, -0.1) is 0 Å². The Kier molecular flexibility index (Phi) is 6.58. The van der Waals surface area contributed by atoms with Gasteiger partial charge in [-0.2, -0.15) is 0 Å². The number of methoxy groups -OCH3 is 1. The number of hydrogen-bond donors (Lipinski definition) is 1. The highest BCUT2D eigenvalue weighted by atomic mass is 16.5. The maximum atomic E-state index is 5.89. The van der Waals surface area contributed by atoms with Crippen LogP contribution >= 0.6 is 0 Å². The van der Waals surface area contributed by atoms with Crippen molar-refractivity contribution < 1.29 is 9.47 Å². The van der Waals surface area contributed by atoms with E-state index in [-0.39, 0.29) is 0 Å². The van der Waals surface area contributed by atoms with Gasteiger partial charge in [0, 0.05) is 12.1 Å². The average Bonchev–Trinajstić information content (AvgIpc) is 2.42. The molecular weight excluding hydrogens is 226 g/mol. The Morgan fingerprint density at radius 1 is 1.28 bits per heavy atom. The summed E-state index contributed by atoms with van der Waals surface area (Å²) in [7, 11) is 1.69. The predicted octanol–water partition coefficient (Wildman–Crippen LogP) is 3.23. The van der Waals surface area contributed by atoms with Gasteiger partial charge >= 0.3 is 0 Å². The van der Waals surface area contributed by atoms with Crippen LogP contribution in [0.25, 0.3) is 0 Å². The highest BCUT2D eigenvalue weighted by Crippen LogP contribution is 2.24. The number of benzene rings is 1. The molecule has 0 aliphatic heterocycles. The molecule has 3 heteroatoms. The van der Waals surface area contributed by atoms with E-state index >= 15 is 0 Å². The minimum absolute atomic E-state index is 0.582. The van der Waals surface area contributed by atoms with Crippen LogP contribution in [0.2, 0.25) is 0 Å². The van der Waals surface area contributed by atoms with Crippen LogP contribution < -0.4 is 14.8 Å². The molecule has 1 atom stereocenters. The lowest BCUT2D eigenvalue weighted by Gasteiger charge is -2.15. The largest absolute Gasteiger partial charge is 0.497 e. The summed E-state index contributed by atoms with van der Waals surface area (Å²) in [6.07, 6.45) is 1.14. The summed E-state index contributed by atoms with van der Waals surface area (Å²) in [5, 5.41) is 3.32. The predicted molar refractivity (Wildman–Crippen MR) is 75.3 cm³/mol. The average molecular weight is 251 g/mol. The third kappa shape index (κ3) is 4.57. The van der Waals surface area contributed by atoms with E-state index in [0.717, 1.165) is 43.2 Å². The summed E-state index contributed by atoms with van der Waals surface area (Å²) < 4.78 is 11.1. The molecule has 0 heterocycles. The smallest absolute Gasteiger partial charge is 0.124 e. The van der Waals surface area contributed by atoms with Crippen molar-refractivity contribution in [3.05, 3.63) is 23.8 Å². The summed E-state index contributed by atoms with van der Waals surface area (Å²) in [5.41, 5.74) is 1.15. The highest BCUT2D eigenvalue weighted by molar-refractivity contribution is 5.40. The molecule has 1 rings (SSSR count). The summed E-state index contributed by atoms with van der Waals surface area (Å²) in [6.45, 7) is 9.00. The monoisotopic (exact) mass is 251 g/mol. The van der Waals surface area contributed by atoms with Gasteiger partial charge < -0.3 is 14.8 Å². The Balaban J connectivity index is 2.74. The minimum atomic E-state index is 0.582. The molecule has 1 aromatic rings. The summed E-state index contributed by atoms with van der Waals surface area (Å²) in [4.78, 5) is 0. The maximum Gasteiger partial charge on any atom is 0.124 e. The quantitative estimate of drug-likeness (QED) is 0.769. The van der Waals surface area contributed by atoms with E-state index < -0.39 is 0 Å². The van der Waals surface area contributed by atoms with Crippen LogP contribution in [0.1, 0.15) is 32.8 Å². The third-order valence-electron chi connectivity index (χ3n) is 3.05.